The van der Waals surface area contributed by atoms with Gasteiger partial charge in [0.1, 0.15) is 0 Å². The predicted octanol–water partition coefficient (Wildman–Crippen LogP) is 2.25. The third-order valence-electron chi connectivity index (χ3n) is 5.19. The molecule has 116 valence electrons. The average Bonchev–Trinajstić information content (AvgIpc) is 3.03. The minimum atomic E-state index is 0.659. The minimum absolute atomic E-state index is 0.659. The zero-order valence-electron chi connectivity index (χ0n) is 13.1. The molecule has 2 aliphatic rings. The Morgan fingerprint density at radius 2 is 1.76 bits per heavy atom. The topological polar surface area (TPSA) is 32.5 Å². The molecule has 0 aromatic heterocycles. The molecule has 2 aliphatic heterocycles. The zero-order valence-corrected chi connectivity index (χ0v) is 13.1. The van der Waals surface area contributed by atoms with Gasteiger partial charge in [-0.15, -0.1) is 0 Å². The number of hydrogen-bond acceptors (Lipinski definition) is 3. The zero-order chi connectivity index (χ0) is 14.5. The van der Waals surface area contributed by atoms with Crippen molar-refractivity contribution < 1.29 is 0 Å². The standard InChI is InChI=1S/C18H29N3/c19-14-17-7-3-2-6-16(17)8-12-20-13-9-18(15-20)21-10-4-1-5-11-21/h2-3,6-7,18H,1,4-5,8-15,19H2. The van der Waals surface area contributed by atoms with Crippen molar-refractivity contribution in [2.45, 2.75) is 44.7 Å². The van der Waals surface area contributed by atoms with E-state index in [1.165, 1.54) is 69.5 Å². The molecule has 1 aromatic carbocycles. The Morgan fingerprint density at radius 3 is 2.52 bits per heavy atom. The molecule has 2 fully saturated rings. The van der Waals surface area contributed by atoms with Gasteiger partial charge in [-0.05, 0) is 56.4 Å². The van der Waals surface area contributed by atoms with Crippen LogP contribution < -0.4 is 5.73 Å². The number of nitrogens with two attached hydrogens (primary N) is 1. The highest BCUT2D eigenvalue weighted by atomic mass is 15.3. The van der Waals surface area contributed by atoms with Crippen molar-refractivity contribution in [1.82, 2.24) is 9.80 Å². The van der Waals surface area contributed by atoms with Gasteiger partial charge in [0.2, 0.25) is 0 Å². The molecule has 1 unspecified atom stereocenters. The number of piperidine rings is 1. The maximum atomic E-state index is 5.83. The molecule has 0 aliphatic carbocycles. The Balaban J connectivity index is 1.48. The quantitative estimate of drug-likeness (QED) is 0.901. The molecule has 3 rings (SSSR count). The number of likely N-dealkylation sites (tertiary alicyclic amines) is 2. The largest absolute Gasteiger partial charge is 0.326 e. The third kappa shape index (κ3) is 3.85. The van der Waals surface area contributed by atoms with Crippen LogP contribution in [0.3, 0.4) is 0 Å². The van der Waals surface area contributed by atoms with Gasteiger partial charge in [0, 0.05) is 25.7 Å². The summed E-state index contributed by atoms with van der Waals surface area (Å²) in [6.45, 7) is 7.04. The predicted molar refractivity (Wildman–Crippen MR) is 88.3 cm³/mol. The second-order valence-corrected chi connectivity index (χ2v) is 6.56. The number of benzene rings is 1. The van der Waals surface area contributed by atoms with Crippen LogP contribution in [0.4, 0.5) is 0 Å². The van der Waals surface area contributed by atoms with Crippen molar-refractivity contribution in [1.29, 1.82) is 0 Å². The summed E-state index contributed by atoms with van der Waals surface area (Å²) in [6, 6.07) is 9.44. The van der Waals surface area contributed by atoms with Crippen molar-refractivity contribution in [3.05, 3.63) is 35.4 Å². The highest BCUT2D eigenvalue weighted by Crippen LogP contribution is 2.20. The fourth-order valence-corrected chi connectivity index (χ4v) is 3.88. The Kier molecular flexibility index (Phi) is 5.28. The van der Waals surface area contributed by atoms with E-state index in [9.17, 15) is 0 Å². The van der Waals surface area contributed by atoms with Gasteiger partial charge in [-0.25, -0.2) is 0 Å². The van der Waals surface area contributed by atoms with Crippen molar-refractivity contribution >= 4 is 0 Å². The maximum Gasteiger partial charge on any atom is 0.0235 e. The molecule has 2 N–H and O–H groups in total. The van der Waals surface area contributed by atoms with Gasteiger partial charge >= 0.3 is 0 Å². The Bertz CT molecular complexity index is 440. The molecule has 0 spiro atoms. The molecule has 21 heavy (non-hydrogen) atoms. The van der Waals surface area contributed by atoms with E-state index in [1.807, 2.05) is 0 Å². The number of hydrogen-bond donors (Lipinski definition) is 1. The van der Waals surface area contributed by atoms with Gasteiger partial charge in [0.15, 0.2) is 0 Å². The molecule has 1 atom stereocenters. The SMILES string of the molecule is NCc1ccccc1CCN1CCC(N2CCCCC2)C1. The van der Waals surface area contributed by atoms with E-state index >= 15 is 0 Å². The molecule has 0 saturated carbocycles. The molecular formula is C18H29N3. The lowest BCUT2D eigenvalue weighted by Crippen LogP contribution is -2.41. The fourth-order valence-electron chi connectivity index (χ4n) is 3.88. The van der Waals surface area contributed by atoms with E-state index in [-0.39, 0.29) is 0 Å². The Morgan fingerprint density at radius 1 is 1.00 bits per heavy atom. The average molecular weight is 287 g/mol. The highest BCUT2D eigenvalue weighted by Gasteiger charge is 2.28. The minimum Gasteiger partial charge on any atom is -0.326 e. The molecule has 3 heteroatoms. The molecule has 2 heterocycles. The van der Waals surface area contributed by atoms with Crippen LogP contribution in [0.1, 0.15) is 36.8 Å². The van der Waals surface area contributed by atoms with E-state index in [0.717, 1.165) is 12.5 Å². The lowest BCUT2D eigenvalue weighted by atomic mass is 10.0. The summed E-state index contributed by atoms with van der Waals surface area (Å²) >= 11 is 0. The lowest BCUT2D eigenvalue weighted by molar-refractivity contribution is 0.162. The van der Waals surface area contributed by atoms with Gasteiger partial charge < -0.3 is 10.6 Å². The van der Waals surface area contributed by atoms with Gasteiger partial charge in [-0.3, -0.25) is 4.90 Å². The van der Waals surface area contributed by atoms with Crippen LogP contribution in [0.15, 0.2) is 24.3 Å². The van der Waals surface area contributed by atoms with Crippen molar-refractivity contribution in [2.24, 2.45) is 5.73 Å². The third-order valence-corrected chi connectivity index (χ3v) is 5.19. The van der Waals surface area contributed by atoms with Crippen LogP contribution >= 0.6 is 0 Å². The smallest absolute Gasteiger partial charge is 0.0235 e. The summed E-state index contributed by atoms with van der Waals surface area (Å²) in [6.07, 6.45) is 6.74. The van der Waals surface area contributed by atoms with Crippen molar-refractivity contribution in [2.75, 3.05) is 32.7 Å². The first-order chi connectivity index (χ1) is 10.4. The van der Waals surface area contributed by atoms with Crippen LogP contribution in [-0.2, 0) is 13.0 Å². The number of nitrogens with zero attached hydrogens (tertiary/aromatic N) is 2. The van der Waals surface area contributed by atoms with Gasteiger partial charge in [-0.1, -0.05) is 30.7 Å². The van der Waals surface area contributed by atoms with Crippen LogP contribution in [0.25, 0.3) is 0 Å². The second-order valence-electron chi connectivity index (χ2n) is 6.56. The van der Waals surface area contributed by atoms with Gasteiger partial charge in [0.05, 0.1) is 0 Å². The second kappa shape index (κ2) is 7.39. The van der Waals surface area contributed by atoms with E-state index in [0.29, 0.717) is 6.54 Å². The van der Waals surface area contributed by atoms with Crippen LogP contribution in [0.2, 0.25) is 0 Å². The van der Waals surface area contributed by atoms with Gasteiger partial charge in [-0.2, -0.15) is 0 Å². The van der Waals surface area contributed by atoms with E-state index in [1.54, 1.807) is 0 Å². The number of rotatable bonds is 5. The molecule has 1 aromatic rings. The van der Waals surface area contributed by atoms with E-state index in [4.69, 9.17) is 5.73 Å². The lowest BCUT2D eigenvalue weighted by Gasteiger charge is -2.32. The summed E-state index contributed by atoms with van der Waals surface area (Å²) in [5, 5.41) is 0. The summed E-state index contributed by atoms with van der Waals surface area (Å²) < 4.78 is 0. The first kappa shape index (κ1) is 15.0. The summed E-state index contributed by atoms with van der Waals surface area (Å²) in [4.78, 5) is 5.38. The van der Waals surface area contributed by atoms with Crippen molar-refractivity contribution in [3.8, 4) is 0 Å². The summed E-state index contributed by atoms with van der Waals surface area (Å²) in [7, 11) is 0. The van der Waals surface area contributed by atoms with Crippen LogP contribution in [-0.4, -0.2) is 48.6 Å². The summed E-state index contributed by atoms with van der Waals surface area (Å²) in [5.41, 5.74) is 8.58. The first-order valence-electron chi connectivity index (χ1n) is 8.60. The highest BCUT2D eigenvalue weighted by molar-refractivity contribution is 5.27. The van der Waals surface area contributed by atoms with E-state index < -0.39 is 0 Å². The molecule has 2 saturated heterocycles. The van der Waals surface area contributed by atoms with Crippen LogP contribution in [0, 0.1) is 0 Å². The molecule has 0 bridgehead atoms. The molecule has 0 radical (unpaired) electrons. The Labute approximate surface area is 129 Å². The van der Waals surface area contributed by atoms with Gasteiger partial charge in [0.25, 0.3) is 0 Å². The fraction of sp³-hybridized carbons (Fsp3) is 0.667. The van der Waals surface area contributed by atoms with Crippen molar-refractivity contribution in [3.63, 3.8) is 0 Å². The molecular weight excluding hydrogens is 258 g/mol. The van der Waals surface area contributed by atoms with E-state index in [2.05, 4.69) is 34.1 Å². The molecule has 0 amide bonds. The maximum absolute atomic E-state index is 5.83. The molecule has 3 nitrogen and oxygen atoms in total. The first-order valence-corrected chi connectivity index (χ1v) is 8.60. The monoisotopic (exact) mass is 287 g/mol. The normalized spacial score (nSPS) is 24.5. The Hall–Kier alpha value is -0.900. The van der Waals surface area contributed by atoms with Crippen LogP contribution in [0.5, 0.6) is 0 Å². The summed E-state index contributed by atoms with van der Waals surface area (Å²) in [5.74, 6) is 0.